The van der Waals surface area contributed by atoms with Crippen LogP contribution in [0.2, 0.25) is 0 Å². The van der Waals surface area contributed by atoms with Gasteiger partial charge in [0.1, 0.15) is 11.5 Å². The van der Waals surface area contributed by atoms with Crippen molar-refractivity contribution in [3.8, 4) is 11.5 Å². The molecule has 0 atom stereocenters. The summed E-state index contributed by atoms with van der Waals surface area (Å²) in [5, 5.41) is 3.45. The SMILES string of the molecule is CCc1ccccc1Oc1ccc(CNCC(C)C)cc1. The van der Waals surface area contributed by atoms with Crippen LogP contribution in [-0.4, -0.2) is 6.54 Å². The first-order valence-electron chi connectivity index (χ1n) is 7.74. The van der Waals surface area contributed by atoms with Gasteiger partial charge in [-0.15, -0.1) is 0 Å². The van der Waals surface area contributed by atoms with E-state index in [1.807, 2.05) is 24.3 Å². The van der Waals surface area contributed by atoms with Crippen LogP contribution in [0.5, 0.6) is 11.5 Å². The maximum Gasteiger partial charge on any atom is 0.130 e. The Morgan fingerprint density at radius 2 is 1.71 bits per heavy atom. The number of benzene rings is 2. The fourth-order valence-corrected chi connectivity index (χ4v) is 2.20. The highest BCUT2D eigenvalue weighted by atomic mass is 16.5. The molecule has 0 aliphatic heterocycles. The largest absolute Gasteiger partial charge is 0.457 e. The van der Waals surface area contributed by atoms with Crippen LogP contribution < -0.4 is 10.1 Å². The Hall–Kier alpha value is -1.80. The second kappa shape index (κ2) is 7.84. The summed E-state index contributed by atoms with van der Waals surface area (Å²) >= 11 is 0. The molecule has 1 N–H and O–H groups in total. The van der Waals surface area contributed by atoms with Crippen LogP contribution in [0.15, 0.2) is 48.5 Å². The second-order valence-corrected chi connectivity index (χ2v) is 5.73. The lowest BCUT2D eigenvalue weighted by Crippen LogP contribution is -2.18. The van der Waals surface area contributed by atoms with Crippen molar-refractivity contribution in [1.29, 1.82) is 0 Å². The van der Waals surface area contributed by atoms with Crippen molar-refractivity contribution in [2.45, 2.75) is 33.7 Å². The van der Waals surface area contributed by atoms with Crippen LogP contribution in [0.1, 0.15) is 31.9 Å². The van der Waals surface area contributed by atoms with Gasteiger partial charge in [-0.1, -0.05) is 51.1 Å². The minimum Gasteiger partial charge on any atom is -0.457 e. The number of nitrogens with one attached hydrogen (secondary N) is 1. The molecular weight excluding hydrogens is 258 g/mol. The first kappa shape index (κ1) is 15.6. The molecule has 0 bridgehead atoms. The molecule has 2 rings (SSSR count). The van der Waals surface area contributed by atoms with Crippen molar-refractivity contribution in [2.24, 2.45) is 5.92 Å². The molecule has 0 heterocycles. The van der Waals surface area contributed by atoms with Crippen molar-refractivity contribution < 1.29 is 4.74 Å². The zero-order valence-corrected chi connectivity index (χ0v) is 13.2. The van der Waals surface area contributed by atoms with Gasteiger partial charge < -0.3 is 10.1 Å². The standard InChI is InChI=1S/C19H25NO/c1-4-17-7-5-6-8-19(17)21-18-11-9-16(10-12-18)14-20-13-15(2)3/h5-12,15,20H,4,13-14H2,1-3H3. The second-order valence-electron chi connectivity index (χ2n) is 5.73. The van der Waals surface area contributed by atoms with E-state index in [1.165, 1.54) is 11.1 Å². The zero-order valence-electron chi connectivity index (χ0n) is 13.2. The van der Waals surface area contributed by atoms with E-state index in [0.717, 1.165) is 31.0 Å². The number of aryl methyl sites for hydroxylation is 1. The fraction of sp³-hybridized carbons (Fsp3) is 0.368. The van der Waals surface area contributed by atoms with Crippen molar-refractivity contribution in [1.82, 2.24) is 5.32 Å². The molecule has 2 nitrogen and oxygen atoms in total. The van der Waals surface area contributed by atoms with Gasteiger partial charge in [0.05, 0.1) is 0 Å². The third-order valence-electron chi connectivity index (χ3n) is 3.39. The van der Waals surface area contributed by atoms with E-state index in [1.54, 1.807) is 0 Å². The van der Waals surface area contributed by atoms with Crippen LogP contribution in [0.3, 0.4) is 0 Å². The van der Waals surface area contributed by atoms with Crippen LogP contribution in [0.4, 0.5) is 0 Å². The first-order valence-corrected chi connectivity index (χ1v) is 7.74. The van der Waals surface area contributed by atoms with Gasteiger partial charge in [-0.3, -0.25) is 0 Å². The molecule has 0 saturated heterocycles. The van der Waals surface area contributed by atoms with E-state index in [-0.39, 0.29) is 0 Å². The maximum atomic E-state index is 5.98. The Kier molecular flexibility index (Phi) is 5.82. The number of hydrogen-bond donors (Lipinski definition) is 1. The summed E-state index contributed by atoms with van der Waals surface area (Å²) in [5.74, 6) is 2.52. The lowest BCUT2D eigenvalue weighted by Gasteiger charge is -2.11. The summed E-state index contributed by atoms with van der Waals surface area (Å²) < 4.78 is 5.98. The van der Waals surface area contributed by atoms with Crippen LogP contribution in [-0.2, 0) is 13.0 Å². The molecule has 0 aliphatic carbocycles. The lowest BCUT2D eigenvalue weighted by molar-refractivity contribution is 0.476. The summed E-state index contributed by atoms with van der Waals surface area (Å²) in [7, 11) is 0. The Labute approximate surface area is 128 Å². The molecule has 21 heavy (non-hydrogen) atoms. The monoisotopic (exact) mass is 283 g/mol. The van der Waals surface area contributed by atoms with E-state index in [2.05, 4.69) is 50.4 Å². The summed E-state index contributed by atoms with van der Waals surface area (Å²) in [4.78, 5) is 0. The van der Waals surface area contributed by atoms with Crippen molar-refractivity contribution >= 4 is 0 Å². The Bertz CT molecular complexity index is 546. The Morgan fingerprint density at radius 3 is 2.38 bits per heavy atom. The van der Waals surface area contributed by atoms with Crippen molar-refractivity contribution in [2.75, 3.05) is 6.54 Å². The predicted molar refractivity (Wildman–Crippen MR) is 88.9 cm³/mol. The van der Waals surface area contributed by atoms with Gasteiger partial charge in [0.25, 0.3) is 0 Å². The highest BCUT2D eigenvalue weighted by molar-refractivity contribution is 5.38. The molecule has 2 aromatic carbocycles. The predicted octanol–water partition coefficient (Wildman–Crippen LogP) is 4.79. The highest BCUT2D eigenvalue weighted by Gasteiger charge is 2.03. The van der Waals surface area contributed by atoms with Gasteiger partial charge in [-0.25, -0.2) is 0 Å². The van der Waals surface area contributed by atoms with Gasteiger partial charge in [-0.05, 0) is 48.2 Å². The number of hydrogen-bond acceptors (Lipinski definition) is 2. The van der Waals surface area contributed by atoms with Gasteiger partial charge in [-0.2, -0.15) is 0 Å². The van der Waals surface area contributed by atoms with Crippen LogP contribution >= 0.6 is 0 Å². The highest BCUT2D eigenvalue weighted by Crippen LogP contribution is 2.25. The molecule has 0 amide bonds. The fourth-order valence-electron chi connectivity index (χ4n) is 2.20. The third-order valence-corrected chi connectivity index (χ3v) is 3.39. The van der Waals surface area contributed by atoms with Gasteiger partial charge >= 0.3 is 0 Å². The lowest BCUT2D eigenvalue weighted by atomic mass is 10.1. The van der Waals surface area contributed by atoms with Gasteiger partial charge in [0, 0.05) is 6.54 Å². The van der Waals surface area contributed by atoms with Crippen LogP contribution in [0, 0.1) is 5.92 Å². The average Bonchev–Trinajstić information content (AvgIpc) is 2.49. The van der Waals surface area contributed by atoms with Crippen molar-refractivity contribution in [3.05, 3.63) is 59.7 Å². The minimum absolute atomic E-state index is 0.679. The average molecular weight is 283 g/mol. The van der Waals surface area contributed by atoms with Crippen molar-refractivity contribution in [3.63, 3.8) is 0 Å². The van der Waals surface area contributed by atoms with Gasteiger partial charge in [0.15, 0.2) is 0 Å². The number of para-hydroxylation sites is 1. The van der Waals surface area contributed by atoms with Gasteiger partial charge in [0.2, 0.25) is 0 Å². The summed E-state index contributed by atoms with van der Waals surface area (Å²) in [5.41, 5.74) is 2.52. The first-order chi connectivity index (χ1) is 10.2. The maximum absolute atomic E-state index is 5.98. The summed E-state index contributed by atoms with van der Waals surface area (Å²) in [6, 6.07) is 16.5. The topological polar surface area (TPSA) is 21.3 Å². The molecule has 0 spiro atoms. The summed E-state index contributed by atoms with van der Waals surface area (Å²) in [6.45, 7) is 8.53. The van der Waals surface area contributed by atoms with E-state index in [0.29, 0.717) is 5.92 Å². The van der Waals surface area contributed by atoms with Crippen LogP contribution in [0.25, 0.3) is 0 Å². The molecule has 0 fully saturated rings. The normalized spacial score (nSPS) is 10.9. The smallest absolute Gasteiger partial charge is 0.130 e. The molecule has 0 saturated carbocycles. The molecular formula is C19H25NO. The third kappa shape index (κ3) is 4.91. The Balaban J connectivity index is 1.96. The number of rotatable bonds is 7. The molecule has 0 radical (unpaired) electrons. The zero-order chi connectivity index (χ0) is 15.1. The molecule has 0 aliphatic rings. The Morgan fingerprint density at radius 1 is 1.00 bits per heavy atom. The molecule has 0 aromatic heterocycles. The molecule has 112 valence electrons. The molecule has 2 heteroatoms. The molecule has 0 unspecified atom stereocenters. The minimum atomic E-state index is 0.679. The quantitative estimate of drug-likeness (QED) is 0.789. The van der Waals surface area contributed by atoms with E-state index < -0.39 is 0 Å². The molecule has 2 aromatic rings. The van der Waals surface area contributed by atoms with E-state index in [4.69, 9.17) is 4.74 Å². The van der Waals surface area contributed by atoms with E-state index in [9.17, 15) is 0 Å². The summed E-state index contributed by atoms with van der Waals surface area (Å²) in [6.07, 6.45) is 0.980. The van der Waals surface area contributed by atoms with E-state index >= 15 is 0 Å². The number of ether oxygens (including phenoxy) is 1.